The molecule has 2 amide bonds. The lowest BCUT2D eigenvalue weighted by molar-refractivity contribution is -0.120. The molecule has 0 heterocycles. The summed E-state index contributed by atoms with van der Waals surface area (Å²) < 4.78 is 10.6. The van der Waals surface area contributed by atoms with E-state index in [1.807, 2.05) is 13.0 Å². The van der Waals surface area contributed by atoms with Gasteiger partial charge in [-0.3, -0.25) is 9.59 Å². The first-order chi connectivity index (χ1) is 12.1. The first-order valence-electron chi connectivity index (χ1n) is 7.97. The summed E-state index contributed by atoms with van der Waals surface area (Å²) in [5.41, 5.74) is 1.53. The highest BCUT2D eigenvalue weighted by molar-refractivity contribution is 5.96. The molecule has 0 unspecified atom stereocenters. The molecule has 132 valence electrons. The number of ether oxygens (including phenoxy) is 2. The molecule has 0 aliphatic heterocycles. The van der Waals surface area contributed by atoms with Crippen molar-refractivity contribution in [3.8, 4) is 11.5 Å². The van der Waals surface area contributed by atoms with Crippen molar-refractivity contribution in [3.05, 3.63) is 59.7 Å². The molecule has 0 atom stereocenters. The fourth-order valence-electron chi connectivity index (χ4n) is 2.14. The van der Waals surface area contributed by atoms with Crippen LogP contribution in [-0.4, -0.2) is 38.6 Å². The lowest BCUT2D eigenvalue weighted by Gasteiger charge is -2.09. The minimum absolute atomic E-state index is 0.0741. The molecule has 0 radical (unpaired) electrons. The molecule has 0 saturated carbocycles. The molecule has 2 aromatic carbocycles. The van der Waals surface area contributed by atoms with E-state index in [0.717, 1.165) is 11.3 Å². The van der Waals surface area contributed by atoms with Gasteiger partial charge in [0.25, 0.3) is 5.91 Å². The summed E-state index contributed by atoms with van der Waals surface area (Å²) in [5, 5.41) is 5.28. The van der Waals surface area contributed by atoms with Crippen molar-refractivity contribution in [2.24, 2.45) is 0 Å². The van der Waals surface area contributed by atoms with Crippen molar-refractivity contribution >= 4 is 11.8 Å². The second-order valence-corrected chi connectivity index (χ2v) is 5.43. The van der Waals surface area contributed by atoms with Crippen molar-refractivity contribution in [2.75, 3.05) is 26.8 Å². The van der Waals surface area contributed by atoms with Gasteiger partial charge in [-0.1, -0.05) is 17.7 Å². The second-order valence-electron chi connectivity index (χ2n) is 5.43. The van der Waals surface area contributed by atoms with Crippen LogP contribution in [0.4, 0.5) is 0 Å². The maximum absolute atomic E-state index is 11.9. The van der Waals surface area contributed by atoms with Crippen molar-refractivity contribution in [3.63, 3.8) is 0 Å². The standard InChI is InChI=1S/C19H22N2O4/c1-14-4-3-5-15(12-14)19(23)21-13-18(22)20-10-11-25-17-8-6-16(24-2)7-9-17/h3-9,12H,10-11,13H2,1-2H3,(H,20,22)(H,21,23). The third-order valence-electron chi connectivity index (χ3n) is 3.44. The van der Waals surface area contributed by atoms with Gasteiger partial charge in [-0.25, -0.2) is 0 Å². The maximum Gasteiger partial charge on any atom is 0.251 e. The van der Waals surface area contributed by atoms with E-state index in [2.05, 4.69) is 10.6 Å². The van der Waals surface area contributed by atoms with Crippen molar-refractivity contribution in [1.29, 1.82) is 0 Å². The Morgan fingerprint density at radius 1 is 1.00 bits per heavy atom. The molecule has 0 bridgehead atoms. The Labute approximate surface area is 147 Å². The van der Waals surface area contributed by atoms with Crippen molar-refractivity contribution < 1.29 is 19.1 Å². The van der Waals surface area contributed by atoms with Crippen LogP contribution in [0.5, 0.6) is 11.5 Å². The Balaban J connectivity index is 1.64. The van der Waals surface area contributed by atoms with E-state index in [1.54, 1.807) is 49.6 Å². The molecule has 2 N–H and O–H groups in total. The lowest BCUT2D eigenvalue weighted by atomic mass is 10.1. The van der Waals surface area contributed by atoms with Gasteiger partial charge in [0.2, 0.25) is 5.91 Å². The number of hydrogen-bond acceptors (Lipinski definition) is 4. The van der Waals surface area contributed by atoms with Crippen LogP contribution in [0.3, 0.4) is 0 Å². The number of amides is 2. The van der Waals surface area contributed by atoms with Gasteiger partial charge < -0.3 is 20.1 Å². The second kappa shape index (κ2) is 9.32. The Morgan fingerprint density at radius 2 is 1.72 bits per heavy atom. The van der Waals surface area contributed by atoms with Gasteiger partial charge in [0, 0.05) is 5.56 Å². The summed E-state index contributed by atoms with van der Waals surface area (Å²) in [4.78, 5) is 23.7. The monoisotopic (exact) mass is 342 g/mol. The number of methoxy groups -OCH3 is 1. The normalized spacial score (nSPS) is 10.0. The number of benzene rings is 2. The molecule has 6 heteroatoms. The summed E-state index contributed by atoms with van der Waals surface area (Å²) in [5.74, 6) is 0.917. The predicted molar refractivity (Wildman–Crippen MR) is 95.0 cm³/mol. The van der Waals surface area contributed by atoms with Crippen LogP contribution < -0.4 is 20.1 Å². The van der Waals surface area contributed by atoms with Gasteiger partial charge in [0.05, 0.1) is 20.2 Å². The van der Waals surface area contributed by atoms with Crippen LogP contribution in [0.1, 0.15) is 15.9 Å². The number of nitrogens with one attached hydrogen (secondary N) is 2. The third-order valence-corrected chi connectivity index (χ3v) is 3.44. The quantitative estimate of drug-likeness (QED) is 0.719. The van der Waals surface area contributed by atoms with E-state index in [-0.39, 0.29) is 18.4 Å². The topological polar surface area (TPSA) is 76.7 Å². The molecule has 0 aliphatic carbocycles. The fraction of sp³-hybridized carbons (Fsp3) is 0.263. The molecule has 0 aromatic heterocycles. The summed E-state index contributed by atoms with van der Waals surface area (Å²) in [6.45, 7) is 2.52. The van der Waals surface area contributed by atoms with E-state index in [4.69, 9.17) is 9.47 Å². The summed E-state index contributed by atoms with van der Waals surface area (Å²) >= 11 is 0. The molecule has 0 spiro atoms. The maximum atomic E-state index is 11.9. The Morgan fingerprint density at radius 3 is 2.40 bits per heavy atom. The summed E-state index contributed by atoms with van der Waals surface area (Å²) in [7, 11) is 1.60. The van der Waals surface area contributed by atoms with Gasteiger partial charge in [0.15, 0.2) is 0 Å². The number of hydrogen-bond donors (Lipinski definition) is 2. The minimum Gasteiger partial charge on any atom is -0.497 e. The first-order valence-corrected chi connectivity index (χ1v) is 7.97. The lowest BCUT2D eigenvalue weighted by Crippen LogP contribution is -2.38. The zero-order valence-electron chi connectivity index (χ0n) is 14.4. The minimum atomic E-state index is -0.270. The van der Waals surface area contributed by atoms with Crippen LogP contribution in [-0.2, 0) is 4.79 Å². The molecule has 2 aromatic rings. The van der Waals surface area contributed by atoms with E-state index in [9.17, 15) is 9.59 Å². The number of aryl methyl sites for hydroxylation is 1. The van der Waals surface area contributed by atoms with E-state index in [1.165, 1.54) is 0 Å². The van der Waals surface area contributed by atoms with Gasteiger partial charge >= 0.3 is 0 Å². The van der Waals surface area contributed by atoms with Crippen LogP contribution in [0.15, 0.2) is 48.5 Å². The Hall–Kier alpha value is -3.02. The molecule has 25 heavy (non-hydrogen) atoms. The SMILES string of the molecule is COc1ccc(OCCNC(=O)CNC(=O)c2cccc(C)c2)cc1. The number of carbonyl (C=O) groups excluding carboxylic acids is 2. The van der Waals surface area contributed by atoms with Crippen LogP contribution >= 0.6 is 0 Å². The predicted octanol–water partition coefficient (Wildman–Crippen LogP) is 1.93. The largest absolute Gasteiger partial charge is 0.497 e. The molecule has 2 rings (SSSR count). The van der Waals surface area contributed by atoms with E-state index < -0.39 is 0 Å². The smallest absolute Gasteiger partial charge is 0.251 e. The van der Waals surface area contributed by atoms with Gasteiger partial charge in [-0.15, -0.1) is 0 Å². The summed E-state index contributed by atoms with van der Waals surface area (Å²) in [6, 6.07) is 14.4. The van der Waals surface area contributed by atoms with E-state index >= 15 is 0 Å². The van der Waals surface area contributed by atoms with Crippen molar-refractivity contribution in [2.45, 2.75) is 6.92 Å². The molecule has 0 aliphatic rings. The van der Waals surface area contributed by atoms with Gasteiger partial charge in [-0.2, -0.15) is 0 Å². The average Bonchev–Trinajstić information content (AvgIpc) is 2.63. The zero-order valence-corrected chi connectivity index (χ0v) is 14.4. The molecule has 0 saturated heterocycles. The molecule has 0 fully saturated rings. The Bertz CT molecular complexity index is 714. The molecule has 6 nitrogen and oxygen atoms in total. The van der Waals surface area contributed by atoms with Crippen LogP contribution in [0, 0.1) is 6.92 Å². The van der Waals surface area contributed by atoms with Crippen molar-refractivity contribution in [1.82, 2.24) is 10.6 Å². The highest BCUT2D eigenvalue weighted by atomic mass is 16.5. The number of carbonyl (C=O) groups is 2. The van der Waals surface area contributed by atoms with Crippen LogP contribution in [0.2, 0.25) is 0 Å². The number of rotatable bonds is 8. The highest BCUT2D eigenvalue weighted by Crippen LogP contribution is 2.16. The van der Waals surface area contributed by atoms with Gasteiger partial charge in [0.1, 0.15) is 18.1 Å². The fourth-order valence-corrected chi connectivity index (χ4v) is 2.14. The Kier molecular flexibility index (Phi) is 6.83. The first kappa shape index (κ1) is 18.3. The highest BCUT2D eigenvalue weighted by Gasteiger charge is 2.07. The van der Waals surface area contributed by atoms with Gasteiger partial charge in [-0.05, 0) is 43.3 Å². The molecular weight excluding hydrogens is 320 g/mol. The van der Waals surface area contributed by atoms with Crippen LogP contribution in [0.25, 0.3) is 0 Å². The zero-order chi connectivity index (χ0) is 18.1. The average molecular weight is 342 g/mol. The third kappa shape index (κ3) is 6.18. The van der Waals surface area contributed by atoms with E-state index in [0.29, 0.717) is 24.5 Å². The molecular formula is C19H22N2O4. The summed E-state index contributed by atoms with van der Waals surface area (Å²) in [6.07, 6.45) is 0.